The molecule has 0 radical (unpaired) electrons. The molecule has 0 spiro atoms. The van der Waals surface area contributed by atoms with Crippen molar-refractivity contribution in [2.24, 2.45) is 0 Å². The van der Waals surface area contributed by atoms with Gasteiger partial charge in [0, 0.05) is 6.61 Å². The summed E-state index contributed by atoms with van der Waals surface area (Å²) in [6, 6.07) is 0. The van der Waals surface area contributed by atoms with Crippen LogP contribution in [0, 0.1) is 0 Å². The summed E-state index contributed by atoms with van der Waals surface area (Å²) in [4.78, 5) is 0. The van der Waals surface area contributed by atoms with Gasteiger partial charge in [0.2, 0.25) is 0 Å². The Balaban J connectivity index is 0. The Hall–Kier alpha value is -0.0831. The van der Waals surface area contributed by atoms with Crippen LogP contribution in [-0.4, -0.2) is 22.7 Å². The number of hydrogen-bond acceptors (Lipinski definition) is 1. The summed E-state index contributed by atoms with van der Waals surface area (Å²) in [6.07, 6.45) is 2.39. The molecule has 0 saturated heterocycles. The molecule has 1 N–H and O–H groups in total. The molecule has 0 aromatic heterocycles. The third-order valence-electron chi connectivity index (χ3n) is 0.333. The van der Waals surface area contributed by atoms with Crippen molar-refractivity contribution in [1.29, 1.82) is 0 Å². The maximum absolute atomic E-state index is 8.00. The van der Waals surface area contributed by atoms with Crippen molar-refractivity contribution in [2.45, 2.75) is 6.42 Å². The van der Waals surface area contributed by atoms with E-state index in [-0.39, 0.29) is 17.6 Å². The van der Waals surface area contributed by atoms with Gasteiger partial charge in [-0.25, -0.2) is 0 Å². The van der Waals surface area contributed by atoms with Crippen molar-refractivity contribution >= 4 is 11.0 Å². The standard InChI is InChI=1S/C4H8O.H4Si/c1-2-3-4-5;/h2,5H,1,3-4H2;1H4. The summed E-state index contributed by atoms with van der Waals surface area (Å²) in [7, 11) is 0. The van der Waals surface area contributed by atoms with Crippen molar-refractivity contribution < 1.29 is 5.11 Å². The second-order valence-corrected chi connectivity index (χ2v) is 0.801. The maximum Gasteiger partial charge on any atom is 0.0465 e. The van der Waals surface area contributed by atoms with Gasteiger partial charge in [0.1, 0.15) is 0 Å². The Morgan fingerprint density at radius 1 is 1.67 bits per heavy atom. The van der Waals surface area contributed by atoms with Gasteiger partial charge in [-0.2, -0.15) is 0 Å². The zero-order valence-corrected chi connectivity index (χ0v) is 3.15. The fraction of sp³-hybridized carbons (Fsp3) is 0.500. The summed E-state index contributed by atoms with van der Waals surface area (Å²) in [5, 5.41) is 8.00. The van der Waals surface area contributed by atoms with E-state index < -0.39 is 0 Å². The molecule has 38 valence electrons. The quantitative estimate of drug-likeness (QED) is 0.356. The molecule has 6 heavy (non-hydrogen) atoms. The van der Waals surface area contributed by atoms with Crippen molar-refractivity contribution in [2.75, 3.05) is 6.61 Å². The van der Waals surface area contributed by atoms with Crippen LogP contribution in [0.3, 0.4) is 0 Å². The van der Waals surface area contributed by atoms with E-state index >= 15 is 0 Å². The monoisotopic (exact) mass is 104 g/mol. The lowest BCUT2D eigenvalue weighted by Crippen LogP contribution is -1.71. The predicted octanol–water partition coefficient (Wildman–Crippen LogP) is -0.897. The molecule has 0 amide bonds. The van der Waals surface area contributed by atoms with E-state index in [1.54, 1.807) is 6.08 Å². The van der Waals surface area contributed by atoms with E-state index in [0.717, 1.165) is 0 Å². The highest BCUT2D eigenvalue weighted by molar-refractivity contribution is 5.75. The Bertz CT molecular complexity index is 28.7. The molecule has 2 heteroatoms. The molecule has 0 aliphatic heterocycles. The maximum atomic E-state index is 8.00. The van der Waals surface area contributed by atoms with Crippen molar-refractivity contribution in [3.8, 4) is 0 Å². The van der Waals surface area contributed by atoms with Gasteiger partial charge in [-0.15, -0.1) is 6.58 Å². The van der Waals surface area contributed by atoms with Crippen LogP contribution in [0.4, 0.5) is 0 Å². The number of aliphatic hydroxyl groups excluding tert-OH is 1. The summed E-state index contributed by atoms with van der Waals surface area (Å²) in [6.45, 7) is 3.62. The highest BCUT2D eigenvalue weighted by Crippen LogP contribution is 1.69. The van der Waals surface area contributed by atoms with E-state index in [4.69, 9.17) is 5.11 Å². The largest absolute Gasteiger partial charge is 0.396 e. The van der Waals surface area contributed by atoms with E-state index in [2.05, 4.69) is 6.58 Å². The van der Waals surface area contributed by atoms with Crippen LogP contribution in [0.1, 0.15) is 6.42 Å². The SMILES string of the molecule is C=CCCO.[SiH4]. The van der Waals surface area contributed by atoms with Gasteiger partial charge < -0.3 is 5.11 Å². The molecule has 0 aliphatic rings. The molecule has 1 nitrogen and oxygen atoms in total. The van der Waals surface area contributed by atoms with Crippen LogP contribution in [0.25, 0.3) is 0 Å². The molecule has 0 aliphatic carbocycles. The van der Waals surface area contributed by atoms with Crippen molar-refractivity contribution in [1.82, 2.24) is 0 Å². The Morgan fingerprint density at radius 3 is 2.17 bits per heavy atom. The molecular formula is C4H12OSi. The Labute approximate surface area is 42.7 Å². The molecule has 0 aromatic carbocycles. The van der Waals surface area contributed by atoms with E-state index in [1.807, 2.05) is 0 Å². The smallest absolute Gasteiger partial charge is 0.0465 e. The first-order valence-electron chi connectivity index (χ1n) is 1.63. The minimum absolute atomic E-state index is 0. The second-order valence-electron chi connectivity index (χ2n) is 0.801. The third kappa shape index (κ3) is 9.07. The first kappa shape index (κ1) is 9.32. The fourth-order valence-electron chi connectivity index (χ4n) is 0.0913. The summed E-state index contributed by atoms with van der Waals surface area (Å²) >= 11 is 0. The molecule has 0 saturated carbocycles. The molecular weight excluding hydrogens is 92.1 g/mol. The van der Waals surface area contributed by atoms with Crippen LogP contribution in [0.15, 0.2) is 12.7 Å². The van der Waals surface area contributed by atoms with E-state index in [1.165, 1.54) is 0 Å². The average Bonchev–Trinajstić information content (AvgIpc) is 1.41. The molecule has 0 fully saturated rings. The normalized spacial score (nSPS) is 6.17. The summed E-state index contributed by atoms with van der Waals surface area (Å²) < 4.78 is 0. The Morgan fingerprint density at radius 2 is 2.17 bits per heavy atom. The Kier molecular flexibility index (Phi) is 13.8. The van der Waals surface area contributed by atoms with Crippen LogP contribution < -0.4 is 0 Å². The molecule has 0 aromatic rings. The van der Waals surface area contributed by atoms with Gasteiger partial charge in [0.15, 0.2) is 0 Å². The zero-order chi connectivity index (χ0) is 4.12. The highest BCUT2D eigenvalue weighted by Gasteiger charge is 1.62. The zero-order valence-electron chi connectivity index (χ0n) is 3.15. The minimum atomic E-state index is 0. The van der Waals surface area contributed by atoms with Gasteiger partial charge in [-0.3, -0.25) is 0 Å². The van der Waals surface area contributed by atoms with Gasteiger partial charge >= 0.3 is 0 Å². The molecule has 0 heterocycles. The van der Waals surface area contributed by atoms with Gasteiger partial charge in [0.25, 0.3) is 0 Å². The lowest BCUT2D eigenvalue weighted by molar-refractivity contribution is 0.303. The molecule has 0 atom stereocenters. The van der Waals surface area contributed by atoms with Crippen LogP contribution >= 0.6 is 0 Å². The summed E-state index contributed by atoms with van der Waals surface area (Å²) in [5.41, 5.74) is 0. The first-order valence-corrected chi connectivity index (χ1v) is 1.63. The molecule has 0 rings (SSSR count). The average molecular weight is 104 g/mol. The van der Waals surface area contributed by atoms with Gasteiger partial charge in [0.05, 0.1) is 0 Å². The van der Waals surface area contributed by atoms with Crippen molar-refractivity contribution in [3.63, 3.8) is 0 Å². The first-order chi connectivity index (χ1) is 2.41. The number of hydrogen-bond donors (Lipinski definition) is 1. The fourth-order valence-corrected chi connectivity index (χ4v) is 0.0913. The van der Waals surface area contributed by atoms with Crippen LogP contribution in [0.2, 0.25) is 0 Å². The molecule has 0 bridgehead atoms. The second kappa shape index (κ2) is 8.87. The number of rotatable bonds is 2. The lowest BCUT2D eigenvalue weighted by atomic mass is 10.5. The van der Waals surface area contributed by atoms with Gasteiger partial charge in [-0.05, 0) is 17.4 Å². The molecule has 0 unspecified atom stereocenters. The van der Waals surface area contributed by atoms with Crippen LogP contribution in [-0.2, 0) is 0 Å². The third-order valence-corrected chi connectivity index (χ3v) is 0.333. The van der Waals surface area contributed by atoms with E-state index in [9.17, 15) is 0 Å². The highest BCUT2D eigenvalue weighted by atomic mass is 28.1. The minimum Gasteiger partial charge on any atom is -0.396 e. The van der Waals surface area contributed by atoms with E-state index in [0.29, 0.717) is 6.42 Å². The predicted molar refractivity (Wildman–Crippen MR) is 33.2 cm³/mol. The van der Waals surface area contributed by atoms with Crippen LogP contribution in [0.5, 0.6) is 0 Å². The lowest BCUT2D eigenvalue weighted by Gasteiger charge is -1.73. The topological polar surface area (TPSA) is 20.2 Å². The van der Waals surface area contributed by atoms with Crippen molar-refractivity contribution in [3.05, 3.63) is 12.7 Å². The number of aliphatic hydroxyl groups is 1. The summed E-state index contributed by atoms with van der Waals surface area (Å²) in [5.74, 6) is 0. The van der Waals surface area contributed by atoms with Gasteiger partial charge in [-0.1, -0.05) is 6.08 Å².